The molecule has 0 aliphatic carbocycles. The van der Waals surface area contributed by atoms with Crippen LogP contribution in [-0.2, 0) is 4.79 Å². The molecule has 3 saturated heterocycles. The highest BCUT2D eigenvalue weighted by Crippen LogP contribution is 2.28. The summed E-state index contributed by atoms with van der Waals surface area (Å²) in [6.45, 7) is 4.92. The monoisotopic (exact) mass is 373 g/mol. The first kappa shape index (κ1) is 18.8. The van der Waals surface area contributed by atoms with Crippen LogP contribution < -0.4 is 10.9 Å². The van der Waals surface area contributed by atoms with E-state index in [-0.39, 0.29) is 30.5 Å². The average Bonchev–Trinajstić information content (AvgIpc) is 3.36. The summed E-state index contributed by atoms with van der Waals surface area (Å²) < 4.78 is 0. The maximum atomic E-state index is 13.0. The fourth-order valence-corrected chi connectivity index (χ4v) is 4.76. The molecule has 1 amide bonds. The van der Waals surface area contributed by atoms with Crippen molar-refractivity contribution in [2.45, 2.75) is 37.8 Å². The first-order valence-corrected chi connectivity index (χ1v) is 10.3. The minimum atomic E-state index is -0.212. The number of nitrogens with one attached hydrogen (secondary N) is 2. The van der Waals surface area contributed by atoms with E-state index in [0.29, 0.717) is 12.5 Å². The largest absolute Gasteiger partial charge is 0.396 e. The molecule has 0 bridgehead atoms. The van der Waals surface area contributed by atoms with E-state index in [9.17, 15) is 9.90 Å². The number of carbonyl (C=O) groups excluding carboxylic acids is 1. The van der Waals surface area contributed by atoms with E-state index in [1.807, 2.05) is 17.0 Å². The Hall–Kier alpha value is -1.54. The number of aliphatic hydroxyl groups is 1. The van der Waals surface area contributed by atoms with Gasteiger partial charge in [0, 0.05) is 50.6 Å². The van der Waals surface area contributed by atoms with Crippen LogP contribution in [0.15, 0.2) is 24.5 Å². The van der Waals surface area contributed by atoms with Crippen molar-refractivity contribution in [3.8, 4) is 0 Å². The van der Waals surface area contributed by atoms with Crippen LogP contribution in [0, 0.1) is 11.8 Å². The summed E-state index contributed by atoms with van der Waals surface area (Å²) >= 11 is 0. The summed E-state index contributed by atoms with van der Waals surface area (Å²) in [4.78, 5) is 21.6. The number of amides is 1. The summed E-state index contributed by atoms with van der Waals surface area (Å²) in [7, 11) is 0. The van der Waals surface area contributed by atoms with Gasteiger partial charge in [0.15, 0.2) is 0 Å². The number of hydrogen-bond donors (Lipinski definition) is 3. The summed E-state index contributed by atoms with van der Waals surface area (Å²) in [5.41, 5.74) is 7.57. The second-order valence-electron chi connectivity index (χ2n) is 8.22. The molecule has 0 radical (unpaired) electrons. The third-order valence-electron chi connectivity index (χ3n) is 6.37. The van der Waals surface area contributed by atoms with Crippen LogP contribution in [0.1, 0.15) is 37.3 Å². The molecule has 4 heterocycles. The zero-order valence-corrected chi connectivity index (χ0v) is 15.9. The Morgan fingerprint density at radius 1 is 1.11 bits per heavy atom. The molecule has 27 heavy (non-hydrogen) atoms. The van der Waals surface area contributed by atoms with E-state index in [4.69, 9.17) is 0 Å². The predicted octanol–water partition coefficient (Wildman–Crippen LogP) is 0.542. The summed E-state index contributed by atoms with van der Waals surface area (Å²) in [6, 6.07) is 3.88. The number of hydrazine groups is 1. The zero-order valence-electron chi connectivity index (χ0n) is 15.9. The van der Waals surface area contributed by atoms with Crippen LogP contribution in [0.2, 0.25) is 0 Å². The van der Waals surface area contributed by atoms with E-state index in [1.54, 1.807) is 12.4 Å². The van der Waals surface area contributed by atoms with E-state index in [0.717, 1.165) is 38.2 Å². The number of likely N-dealkylation sites (tertiary alicyclic amines) is 2. The lowest BCUT2D eigenvalue weighted by Crippen LogP contribution is -2.45. The summed E-state index contributed by atoms with van der Waals surface area (Å²) in [5.74, 6) is 0.724. The smallest absolute Gasteiger partial charge is 0.241 e. The van der Waals surface area contributed by atoms with Gasteiger partial charge in [-0.2, -0.15) is 0 Å². The van der Waals surface area contributed by atoms with E-state index in [2.05, 4.69) is 20.7 Å². The molecule has 7 nitrogen and oxygen atoms in total. The van der Waals surface area contributed by atoms with Crippen molar-refractivity contribution in [3.63, 3.8) is 0 Å². The fraction of sp³-hybridized carbons (Fsp3) is 0.700. The van der Waals surface area contributed by atoms with E-state index >= 15 is 0 Å². The van der Waals surface area contributed by atoms with Crippen LogP contribution >= 0.6 is 0 Å². The Labute approximate surface area is 161 Å². The van der Waals surface area contributed by atoms with Crippen molar-refractivity contribution in [3.05, 3.63) is 30.1 Å². The Balaban J connectivity index is 1.33. The van der Waals surface area contributed by atoms with Gasteiger partial charge >= 0.3 is 0 Å². The Morgan fingerprint density at radius 2 is 1.85 bits per heavy atom. The highest BCUT2D eigenvalue weighted by molar-refractivity contribution is 5.82. The standard InChI is InChI=1S/C20H31N5O2/c26-14-17-13-25(12-16(17)11-24-8-2-1-3-9-24)20(27)19-10-18(22-23-19)15-4-6-21-7-5-15/h4-7,16-19,22-23,26H,1-3,8-14H2/t16-,17-,18?,19?/m0/s1. The topological polar surface area (TPSA) is 80.7 Å². The van der Waals surface area contributed by atoms with Gasteiger partial charge in [0.25, 0.3) is 0 Å². The van der Waals surface area contributed by atoms with Crippen LogP contribution in [0.5, 0.6) is 0 Å². The molecular weight excluding hydrogens is 342 g/mol. The second-order valence-corrected chi connectivity index (χ2v) is 8.22. The van der Waals surface area contributed by atoms with Crippen molar-refractivity contribution in [1.82, 2.24) is 25.6 Å². The number of carbonyl (C=O) groups is 1. The molecule has 4 atom stereocenters. The molecule has 1 aromatic rings. The minimum absolute atomic E-state index is 0.127. The maximum absolute atomic E-state index is 13.0. The fourth-order valence-electron chi connectivity index (χ4n) is 4.76. The first-order valence-electron chi connectivity index (χ1n) is 10.3. The number of aromatic nitrogens is 1. The number of aliphatic hydroxyl groups excluding tert-OH is 1. The lowest BCUT2D eigenvalue weighted by atomic mass is 9.95. The maximum Gasteiger partial charge on any atom is 0.241 e. The quantitative estimate of drug-likeness (QED) is 0.699. The van der Waals surface area contributed by atoms with Crippen LogP contribution in [0.25, 0.3) is 0 Å². The van der Waals surface area contributed by atoms with Gasteiger partial charge in [0.1, 0.15) is 6.04 Å². The van der Waals surface area contributed by atoms with Gasteiger partial charge in [-0.15, -0.1) is 0 Å². The molecule has 0 saturated carbocycles. The zero-order chi connectivity index (χ0) is 18.6. The van der Waals surface area contributed by atoms with Gasteiger partial charge in [-0.1, -0.05) is 6.42 Å². The molecule has 0 aromatic carbocycles. The van der Waals surface area contributed by atoms with Gasteiger partial charge in [0.2, 0.25) is 5.91 Å². The summed E-state index contributed by atoms with van der Waals surface area (Å²) in [5, 5.41) is 9.83. The number of hydrogen-bond acceptors (Lipinski definition) is 6. The van der Waals surface area contributed by atoms with E-state index in [1.165, 1.54) is 19.3 Å². The molecule has 4 rings (SSSR count). The predicted molar refractivity (Wildman–Crippen MR) is 103 cm³/mol. The molecule has 7 heteroatoms. The minimum Gasteiger partial charge on any atom is -0.396 e. The van der Waals surface area contributed by atoms with Crippen molar-refractivity contribution in [2.75, 3.05) is 39.3 Å². The normalized spacial score (nSPS) is 32.1. The van der Waals surface area contributed by atoms with Crippen LogP contribution in [0.4, 0.5) is 0 Å². The van der Waals surface area contributed by atoms with Crippen molar-refractivity contribution in [1.29, 1.82) is 0 Å². The third-order valence-corrected chi connectivity index (χ3v) is 6.37. The molecule has 2 unspecified atom stereocenters. The molecule has 3 N–H and O–H groups in total. The van der Waals surface area contributed by atoms with Gasteiger partial charge in [-0.25, -0.2) is 10.9 Å². The summed E-state index contributed by atoms with van der Waals surface area (Å²) in [6.07, 6.45) is 8.17. The lowest BCUT2D eigenvalue weighted by Gasteiger charge is -2.30. The highest BCUT2D eigenvalue weighted by Gasteiger charge is 2.40. The first-order chi connectivity index (χ1) is 13.2. The van der Waals surface area contributed by atoms with Gasteiger partial charge in [0.05, 0.1) is 0 Å². The highest BCUT2D eigenvalue weighted by atomic mass is 16.3. The number of rotatable bonds is 5. The third kappa shape index (κ3) is 4.32. The number of piperidine rings is 1. The molecule has 148 valence electrons. The average molecular weight is 374 g/mol. The Kier molecular flexibility index (Phi) is 6.02. The Morgan fingerprint density at radius 3 is 2.59 bits per heavy atom. The molecule has 3 aliphatic heterocycles. The van der Waals surface area contributed by atoms with Gasteiger partial charge in [-0.3, -0.25) is 9.78 Å². The van der Waals surface area contributed by atoms with Crippen molar-refractivity contribution >= 4 is 5.91 Å². The van der Waals surface area contributed by atoms with Crippen molar-refractivity contribution in [2.24, 2.45) is 11.8 Å². The molecule has 3 aliphatic rings. The second kappa shape index (κ2) is 8.65. The number of pyridine rings is 1. The van der Waals surface area contributed by atoms with Crippen LogP contribution in [-0.4, -0.2) is 71.2 Å². The van der Waals surface area contributed by atoms with Gasteiger partial charge < -0.3 is 14.9 Å². The Bertz CT molecular complexity index is 622. The lowest BCUT2D eigenvalue weighted by molar-refractivity contribution is -0.132. The molecule has 3 fully saturated rings. The SMILES string of the molecule is O=C(C1CC(c2ccncc2)NN1)N1C[C@@H](CO)[C@@H](CN2CCCCC2)C1. The van der Waals surface area contributed by atoms with Crippen molar-refractivity contribution < 1.29 is 9.90 Å². The molecule has 0 spiro atoms. The van der Waals surface area contributed by atoms with E-state index < -0.39 is 0 Å². The molecule has 1 aromatic heterocycles. The molecular formula is C20H31N5O2. The van der Waals surface area contributed by atoms with Gasteiger partial charge in [-0.05, 0) is 56.0 Å². The van der Waals surface area contributed by atoms with Crippen LogP contribution in [0.3, 0.4) is 0 Å². The number of nitrogens with zero attached hydrogens (tertiary/aromatic N) is 3.